The number of piperidine rings is 1. The van der Waals surface area contributed by atoms with Crippen LogP contribution < -0.4 is 5.43 Å². The summed E-state index contributed by atoms with van der Waals surface area (Å²) in [5, 5.41) is 11.3. The summed E-state index contributed by atoms with van der Waals surface area (Å²) in [6, 6.07) is 0.429. The third-order valence-corrected chi connectivity index (χ3v) is 3.37. The summed E-state index contributed by atoms with van der Waals surface area (Å²) in [7, 11) is 0. The van der Waals surface area contributed by atoms with Gasteiger partial charge in [0.25, 0.3) is 0 Å². The number of hydrogen-bond donors (Lipinski definition) is 2. The van der Waals surface area contributed by atoms with E-state index in [4.69, 9.17) is 5.11 Å². The van der Waals surface area contributed by atoms with Crippen LogP contribution in [0.3, 0.4) is 0 Å². The molecule has 0 saturated carbocycles. The SMILES string of the molecule is CCCC(NN1C(C)CCCC1C)C(=O)O. The summed E-state index contributed by atoms with van der Waals surface area (Å²) >= 11 is 0. The van der Waals surface area contributed by atoms with Gasteiger partial charge >= 0.3 is 5.97 Å². The van der Waals surface area contributed by atoms with Crippen LogP contribution in [0.15, 0.2) is 0 Å². The van der Waals surface area contributed by atoms with E-state index in [2.05, 4.69) is 24.3 Å². The number of carboxylic acid groups (broad SMARTS) is 1. The van der Waals surface area contributed by atoms with Gasteiger partial charge in [-0.2, -0.15) is 0 Å². The van der Waals surface area contributed by atoms with E-state index >= 15 is 0 Å². The first-order chi connectivity index (χ1) is 7.56. The van der Waals surface area contributed by atoms with Gasteiger partial charge in [0.05, 0.1) is 0 Å². The lowest BCUT2D eigenvalue weighted by Crippen LogP contribution is -2.57. The number of nitrogens with one attached hydrogen (secondary N) is 1. The second-order valence-electron chi connectivity index (χ2n) is 4.84. The van der Waals surface area contributed by atoms with Crippen molar-refractivity contribution in [3.05, 3.63) is 0 Å². The third kappa shape index (κ3) is 3.46. The van der Waals surface area contributed by atoms with Crippen molar-refractivity contribution in [3.63, 3.8) is 0 Å². The molecule has 0 bridgehead atoms. The van der Waals surface area contributed by atoms with Crippen LogP contribution in [0.1, 0.15) is 52.9 Å². The molecule has 3 unspecified atom stereocenters. The minimum absolute atomic E-state index is 0.433. The summed E-state index contributed by atoms with van der Waals surface area (Å²) in [5.41, 5.74) is 3.19. The Morgan fingerprint density at radius 1 is 1.44 bits per heavy atom. The Kier molecular flexibility index (Phi) is 5.22. The molecule has 1 aliphatic rings. The number of rotatable bonds is 5. The normalized spacial score (nSPS) is 28.9. The van der Waals surface area contributed by atoms with E-state index in [0.29, 0.717) is 18.5 Å². The van der Waals surface area contributed by atoms with Gasteiger partial charge in [-0.3, -0.25) is 4.79 Å². The molecular weight excluding hydrogens is 204 g/mol. The summed E-state index contributed by atoms with van der Waals surface area (Å²) < 4.78 is 0. The first-order valence-electron chi connectivity index (χ1n) is 6.33. The molecule has 4 heteroatoms. The molecule has 0 amide bonds. The van der Waals surface area contributed by atoms with Crippen molar-refractivity contribution in [3.8, 4) is 0 Å². The lowest BCUT2D eigenvalue weighted by Gasteiger charge is -2.40. The predicted octanol–water partition coefficient (Wildman–Crippen LogP) is 2.01. The van der Waals surface area contributed by atoms with Crippen LogP contribution in [-0.4, -0.2) is 34.2 Å². The molecule has 1 aliphatic heterocycles. The molecule has 4 nitrogen and oxygen atoms in total. The first kappa shape index (κ1) is 13.5. The van der Waals surface area contributed by atoms with Gasteiger partial charge in [-0.15, -0.1) is 0 Å². The zero-order chi connectivity index (χ0) is 12.1. The zero-order valence-electron chi connectivity index (χ0n) is 10.6. The van der Waals surface area contributed by atoms with Crippen molar-refractivity contribution in [2.75, 3.05) is 0 Å². The molecule has 0 spiro atoms. The van der Waals surface area contributed by atoms with Crippen LogP contribution in [-0.2, 0) is 4.79 Å². The highest BCUT2D eigenvalue weighted by Crippen LogP contribution is 2.20. The first-order valence-corrected chi connectivity index (χ1v) is 6.33. The highest BCUT2D eigenvalue weighted by Gasteiger charge is 2.28. The van der Waals surface area contributed by atoms with Gasteiger partial charge in [0.1, 0.15) is 6.04 Å². The maximum atomic E-state index is 11.1. The largest absolute Gasteiger partial charge is 0.480 e. The molecule has 0 radical (unpaired) electrons. The van der Waals surface area contributed by atoms with Crippen molar-refractivity contribution in [1.82, 2.24) is 10.4 Å². The molecule has 0 aromatic heterocycles. The standard InChI is InChI=1S/C12H24N2O2/c1-4-6-11(12(15)16)13-14-9(2)7-5-8-10(14)3/h9-11,13H,4-8H2,1-3H3,(H,15,16). The van der Waals surface area contributed by atoms with Gasteiger partial charge in [-0.25, -0.2) is 10.4 Å². The topological polar surface area (TPSA) is 52.6 Å². The molecule has 0 aromatic rings. The molecule has 0 aliphatic carbocycles. The zero-order valence-corrected chi connectivity index (χ0v) is 10.6. The fourth-order valence-corrected chi connectivity index (χ4v) is 2.39. The van der Waals surface area contributed by atoms with Crippen molar-refractivity contribution < 1.29 is 9.90 Å². The molecule has 1 fully saturated rings. The Morgan fingerprint density at radius 3 is 2.44 bits per heavy atom. The van der Waals surface area contributed by atoms with E-state index in [-0.39, 0.29) is 0 Å². The van der Waals surface area contributed by atoms with Crippen LogP contribution in [0.25, 0.3) is 0 Å². The summed E-state index contributed by atoms with van der Waals surface area (Å²) in [4.78, 5) is 11.1. The van der Waals surface area contributed by atoms with Gasteiger partial charge in [0, 0.05) is 12.1 Å². The van der Waals surface area contributed by atoms with Crippen LogP contribution >= 0.6 is 0 Å². The van der Waals surface area contributed by atoms with E-state index in [1.54, 1.807) is 0 Å². The number of carbonyl (C=O) groups is 1. The van der Waals surface area contributed by atoms with Crippen LogP contribution in [0.5, 0.6) is 0 Å². The highest BCUT2D eigenvalue weighted by atomic mass is 16.4. The predicted molar refractivity (Wildman–Crippen MR) is 64.1 cm³/mol. The maximum absolute atomic E-state index is 11.1. The number of aliphatic carboxylic acids is 1. The summed E-state index contributed by atoms with van der Waals surface area (Å²) in [5.74, 6) is -0.744. The highest BCUT2D eigenvalue weighted by molar-refractivity contribution is 5.73. The van der Waals surface area contributed by atoms with Gasteiger partial charge in [0.2, 0.25) is 0 Å². The van der Waals surface area contributed by atoms with Crippen LogP contribution in [0.4, 0.5) is 0 Å². The van der Waals surface area contributed by atoms with Crippen LogP contribution in [0, 0.1) is 0 Å². The van der Waals surface area contributed by atoms with E-state index in [1.165, 1.54) is 6.42 Å². The lowest BCUT2D eigenvalue weighted by molar-refractivity contribution is -0.142. The quantitative estimate of drug-likeness (QED) is 0.755. The molecule has 1 saturated heterocycles. The smallest absolute Gasteiger partial charge is 0.322 e. The molecule has 0 aromatic carbocycles. The summed E-state index contributed by atoms with van der Waals surface area (Å²) in [6.45, 7) is 6.34. The van der Waals surface area contributed by atoms with E-state index in [1.807, 2.05) is 6.92 Å². The number of carboxylic acids is 1. The fourth-order valence-electron chi connectivity index (χ4n) is 2.39. The van der Waals surface area contributed by atoms with Gasteiger partial charge < -0.3 is 5.11 Å². The van der Waals surface area contributed by atoms with Crippen molar-refractivity contribution in [1.29, 1.82) is 0 Å². The van der Waals surface area contributed by atoms with Crippen molar-refractivity contribution >= 4 is 5.97 Å². The van der Waals surface area contributed by atoms with Crippen molar-refractivity contribution in [2.45, 2.75) is 71.0 Å². The Balaban J connectivity index is 2.57. The molecule has 1 heterocycles. The maximum Gasteiger partial charge on any atom is 0.322 e. The number of nitrogens with zero attached hydrogens (tertiary/aromatic N) is 1. The lowest BCUT2D eigenvalue weighted by atomic mass is 9.99. The Hall–Kier alpha value is -0.610. The average molecular weight is 228 g/mol. The molecular formula is C12H24N2O2. The van der Waals surface area contributed by atoms with E-state index in [9.17, 15) is 4.79 Å². The number of hydrogen-bond acceptors (Lipinski definition) is 3. The minimum Gasteiger partial charge on any atom is -0.480 e. The second-order valence-corrected chi connectivity index (χ2v) is 4.84. The monoisotopic (exact) mass is 228 g/mol. The Morgan fingerprint density at radius 2 is 2.00 bits per heavy atom. The number of hydrazine groups is 1. The third-order valence-electron chi connectivity index (χ3n) is 3.37. The fraction of sp³-hybridized carbons (Fsp3) is 0.917. The summed E-state index contributed by atoms with van der Waals surface area (Å²) in [6.07, 6.45) is 5.11. The molecule has 16 heavy (non-hydrogen) atoms. The van der Waals surface area contributed by atoms with Gasteiger partial charge in [-0.1, -0.05) is 19.8 Å². The molecule has 3 atom stereocenters. The Bertz CT molecular complexity index is 223. The minimum atomic E-state index is -0.744. The van der Waals surface area contributed by atoms with E-state index in [0.717, 1.165) is 19.3 Å². The van der Waals surface area contributed by atoms with Gasteiger partial charge in [-0.05, 0) is 33.1 Å². The van der Waals surface area contributed by atoms with Gasteiger partial charge in [0.15, 0.2) is 0 Å². The second kappa shape index (κ2) is 6.21. The van der Waals surface area contributed by atoms with Crippen molar-refractivity contribution in [2.24, 2.45) is 0 Å². The molecule has 94 valence electrons. The Labute approximate surface area is 98.0 Å². The van der Waals surface area contributed by atoms with E-state index < -0.39 is 12.0 Å². The van der Waals surface area contributed by atoms with Crippen LogP contribution in [0.2, 0.25) is 0 Å². The average Bonchev–Trinajstić information content (AvgIpc) is 2.21. The molecule has 1 rings (SSSR count). The molecule has 2 N–H and O–H groups in total.